The molecule has 0 aliphatic carbocycles. The average molecular weight is 538 g/mol. The maximum atomic E-state index is 13.6. The SMILES string of the molecule is COc1cc2c(cc1OC(=O)c1ccc(C)cc1)CN(S(=O)(=O)c1ccc(C(C)(C)C)cc1)C(C(=O)O)C2. The number of aryl methyl sites for hydroxylation is 1. The summed E-state index contributed by atoms with van der Waals surface area (Å²) >= 11 is 0. The zero-order chi connectivity index (χ0) is 27.8. The Kier molecular flexibility index (Phi) is 7.36. The molecule has 200 valence electrons. The first-order valence-corrected chi connectivity index (χ1v) is 13.6. The number of sulfonamides is 1. The molecular formula is C29H31NO7S. The lowest BCUT2D eigenvalue weighted by molar-refractivity contribution is -0.141. The van der Waals surface area contributed by atoms with Crippen molar-refractivity contribution in [2.24, 2.45) is 0 Å². The molecule has 8 nitrogen and oxygen atoms in total. The summed E-state index contributed by atoms with van der Waals surface area (Å²) in [6, 6.07) is 15.2. The van der Waals surface area contributed by atoms with Gasteiger partial charge in [-0.25, -0.2) is 13.2 Å². The number of fused-ring (bicyclic) bond motifs is 1. The van der Waals surface area contributed by atoms with Crippen LogP contribution in [0.1, 0.15) is 53.4 Å². The van der Waals surface area contributed by atoms with E-state index in [1.54, 1.807) is 48.5 Å². The van der Waals surface area contributed by atoms with Crippen LogP contribution >= 0.6 is 0 Å². The predicted octanol–water partition coefficient (Wildman–Crippen LogP) is 4.72. The quantitative estimate of drug-likeness (QED) is 0.358. The van der Waals surface area contributed by atoms with Gasteiger partial charge in [0.25, 0.3) is 0 Å². The number of carboxylic acids is 1. The lowest BCUT2D eigenvalue weighted by Crippen LogP contribution is -2.48. The number of benzene rings is 3. The molecular weight excluding hydrogens is 506 g/mol. The molecule has 3 aromatic rings. The average Bonchev–Trinajstić information content (AvgIpc) is 2.87. The third kappa shape index (κ3) is 5.44. The topological polar surface area (TPSA) is 110 Å². The first kappa shape index (κ1) is 27.3. The minimum Gasteiger partial charge on any atom is -0.493 e. The largest absolute Gasteiger partial charge is 0.493 e. The molecule has 3 aromatic carbocycles. The molecule has 0 fully saturated rings. The summed E-state index contributed by atoms with van der Waals surface area (Å²) in [5, 5.41) is 9.93. The van der Waals surface area contributed by atoms with E-state index in [9.17, 15) is 23.1 Å². The molecule has 1 aliphatic heterocycles. The van der Waals surface area contributed by atoms with Crippen LogP contribution < -0.4 is 9.47 Å². The van der Waals surface area contributed by atoms with Gasteiger partial charge in [0.15, 0.2) is 11.5 Å². The number of aliphatic carboxylic acids is 1. The van der Waals surface area contributed by atoms with E-state index in [2.05, 4.69) is 0 Å². The highest BCUT2D eigenvalue weighted by Gasteiger charge is 2.40. The van der Waals surface area contributed by atoms with E-state index in [1.807, 2.05) is 27.7 Å². The third-order valence-electron chi connectivity index (χ3n) is 6.67. The number of hydrogen-bond acceptors (Lipinski definition) is 6. The third-order valence-corrected chi connectivity index (χ3v) is 8.54. The standard InChI is InChI=1S/C29H31NO7S/c1-18-6-8-19(9-7-18)28(33)37-26-16-21-17-30(24(27(31)32)14-20(21)15-25(26)36-5)38(34,35)23-12-10-22(11-13-23)29(2,3)4/h6-13,15-16,24H,14,17H2,1-5H3,(H,31,32). The van der Waals surface area contributed by atoms with Crippen LogP contribution in [-0.2, 0) is 33.2 Å². The van der Waals surface area contributed by atoms with Gasteiger partial charge in [-0.2, -0.15) is 4.31 Å². The first-order valence-electron chi connectivity index (χ1n) is 12.1. The molecule has 1 atom stereocenters. The zero-order valence-corrected chi connectivity index (χ0v) is 22.8. The molecule has 38 heavy (non-hydrogen) atoms. The van der Waals surface area contributed by atoms with Crippen LogP contribution in [0.3, 0.4) is 0 Å². The molecule has 0 bridgehead atoms. The number of methoxy groups -OCH3 is 1. The number of carbonyl (C=O) groups is 2. The molecule has 1 aliphatic rings. The summed E-state index contributed by atoms with van der Waals surface area (Å²) in [4.78, 5) is 24.9. The minimum absolute atomic E-state index is 0.0136. The highest BCUT2D eigenvalue weighted by atomic mass is 32.2. The van der Waals surface area contributed by atoms with Crippen LogP contribution in [0.5, 0.6) is 11.5 Å². The lowest BCUT2D eigenvalue weighted by Gasteiger charge is -2.34. The number of rotatable bonds is 6. The van der Waals surface area contributed by atoms with Gasteiger partial charge in [0.2, 0.25) is 10.0 Å². The van der Waals surface area contributed by atoms with Crippen LogP contribution in [-0.4, -0.2) is 42.9 Å². The summed E-state index contributed by atoms with van der Waals surface area (Å²) in [5.74, 6) is -1.47. The normalized spacial score (nSPS) is 16.0. The summed E-state index contributed by atoms with van der Waals surface area (Å²) in [6.45, 7) is 7.78. The minimum atomic E-state index is -4.15. The number of carboxylic acid groups (broad SMARTS) is 1. The maximum absolute atomic E-state index is 13.6. The molecule has 0 saturated carbocycles. The van der Waals surface area contributed by atoms with Crippen LogP contribution in [0.25, 0.3) is 0 Å². The van der Waals surface area contributed by atoms with Gasteiger partial charge in [0.05, 0.1) is 17.6 Å². The van der Waals surface area contributed by atoms with Crippen molar-refractivity contribution in [3.05, 3.63) is 88.5 Å². The molecule has 1 heterocycles. The van der Waals surface area contributed by atoms with Crippen molar-refractivity contribution in [2.45, 2.75) is 57.0 Å². The second kappa shape index (κ2) is 10.2. The van der Waals surface area contributed by atoms with Gasteiger partial charge in [-0.3, -0.25) is 4.79 Å². The molecule has 4 rings (SSSR count). The Morgan fingerprint density at radius 1 is 0.947 bits per heavy atom. The van der Waals surface area contributed by atoms with Crippen molar-refractivity contribution in [3.8, 4) is 11.5 Å². The van der Waals surface area contributed by atoms with Crippen molar-refractivity contribution in [2.75, 3.05) is 7.11 Å². The van der Waals surface area contributed by atoms with Gasteiger partial charge >= 0.3 is 11.9 Å². The zero-order valence-electron chi connectivity index (χ0n) is 22.0. The van der Waals surface area contributed by atoms with Crippen LogP contribution in [0.2, 0.25) is 0 Å². The Morgan fingerprint density at radius 3 is 2.11 bits per heavy atom. The Balaban J connectivity index is 1.69. The highest BCUT2D eigenvalue weighted by Crippen LogP contribution is 2.37. The second-order valence-corrected chi connectivity index (χ2v) is 12.3. The monoisotopic (exact) mass is 537 g/mol. The van der Waals surface area contributed by atoms with E-state index >= 15 is 0 Å². The van der Waals surface area contributed by atoms with Gasteiger partial charge < -0.3 is 14.6 Å². The Hall–Kier alpha value is -3.69. The fourth-order valence-corrected chi connectivity index (χ4v) is 5.94. The molecule has 0 amide bonds. The van der Waals surface area contributed by atoms with E-state index < -0.39 is 28.0 Å². The fourth-order valence-electron chi connectivity index (χ4n) is 4.38. The Morgan fingerprint density at radius 2 is 1.55 bits per heavy atom. The van der Waals surface area contributed by atoms with Crippen molar-refractivity contribution in [1.82, 2.24) is 4.31 Å². The van der Waals surface area contributed by atoms with Crippen LogP contribution in [0.4, 0.5) is 0 Å². The Labute approximate surface area is 222 Å². The van der Waals surface area contributed by atoms with E-state index in [0.717, 1.165) is 15.4 Å². The Bertz CT molecular complexity index is 1470. The molecule has 0 aromatic heterocycles. The highest BCUT2D eigenvalue weighted by molar-refractivity contribution is 7.89. The van der Waals surface area contributed by atoms with Gasteiger partial charge in [-0.15, -0.1) is 0 Å². The van der Waals surface area contributed by atoms with E-state index in [0.29, 0.717) is 16.7 Å². The van der Waals surface area contributed by atoms with Crippen molar-refractivity contribution < 1.29 is 32.6 Å². The van der Waals surface area contributed by atoms with Crippen molar-refractivity contribution in [3.63, 3.8) is 0 Å². The van der Waals surface area contributed by atoms with Gasteiger partial charge in [-0.05, 0) is 65.4 Å². The lowest BCUT2D eigenvalue weighted by atomic mass is 9.87. The number of esters is 1. The second-order valence-electron chi connectivity index (χ2n) is 10.4. The molecule has 0 spiro atoms. The number of hydrogen-bond donors (Lipinski definition) is 1. The molecule has 1 N–H and O–H groups in total. The van der Waals surface area contributed by atoms with E-state index in [-0.39, 0.29) is 34.8 Å². The summed E-state index contributed by atoms with van der Waals surface area (Å²) < 4.78 is 39.2. The number of ether oxygens (including phenoxy) is 2. The molecule has 9 heteroatoms. The van der Waals surface area contributed by atoms with Crippen molar-refractivity contribution >= 4 is 22.0 Å². The molecule has 0 saturated heterocycles. The summed E-state index contributed by atoms with van der Waals surface area (Å²) in [5.41, 5.74) is 3.28. The number of nitrogens with zero attached hydrogens (tertiary/aromatic N) is 1. The smallest absolute Gasteiger partial charge is 0.343 e. The van der Waals surface area contributed by atoms with Gasteiger partial charge in [0, 0.05) is 13.0 Å². The maximum Gasteiger partial charge on any atom is 0.343 e. The van der Waals surface area contributed by atoms with Crippen molar-refractivity contribution in [1.29, 1.82) is 0 Å². The van der Waals surface area contributed by atoms with E-state index in [4.69, 9.17) is 9.47 Å². The van der Waals surface area contributed by atoms with Crippen LogP contribution in [0.15, 0.2) is 65.6 Å². The molecule has 0 radical (unpaired) electrons. The fraction of sp³-hybridized carbons (Fsp3) is 0.310. The van der Waals surface area contributed by atoms with Gasteiger partial charge in [0.1, 0.15) is 6.04 Å². The predicted molar refractivity (Wildman–Crippen MR) is 142 cm³/mol. The molecule has 1 unspecified atom stereocenters. The van der Waals surface area contributed by atoms with Gasteiger partial charge in [-0.1, -0.05) is 50.6 Å². The first-order chi connectivity index (χ1) is 17.8. The van der Waals surface area contributed by atoms with Crippen LogP contribution in [0, 0.1) is 6.92 Å². The summed E-state index contributed by atoms with van der Waals surface area (Å²) in [7, 11) is -2.73. The van der Waals surface area contributed by atoms with E-state index in [1.165, 1.54) is 19.2 Å². The summed E-state index contributed by atoms with van der Waals surface area (Å²) in [6.07, 6.45) is -0.0630. The number of carbonyl (C=O) groups excluding carboxylic acids is 1.